The van der Waals surface area contributed by atoms with Gasteiger partial charge in [-0.15, -0.1) is 0 Å². The number of alkyl halides is 2. The molecule has 0 saturated carbocycles. The number of fused-ring (bicyclic) bond motifs is 9. The standard InChI is InChI=1S/C33H43F2N5O3S/c1-23-37-30-29-21-28(25-12-18-44(42,43)19-13-25)32(41)40(31(29)38-23)15-6-4-2-3-5-14-39-16-10-26(11-17-39)33(34,35)27-9-7-8-24(20-27)22-36-30/h7-9,20-21,25-26H,2-6,10-19,22H2,1H3,(H,36,37,38). The van der Waals surface area contributed by atoms with Gasteiger partial charge >= 0.3 is 0 Å². The lowest BCUT2D eigenvalue weighted by Crippen LogP contribution is -2.40. The number of pyridine rings is 1. The van der Waals surface area contributed by atoms with Gasteiger partial charge in [0, 0.05) is 30.1 Å². The second kappa shape index (κ2) is 12.8. The van der Waals surface area contributed by atoms with Gasteiger partial charge in [-0.3, -0.25) is 9.36 Å². The molecular weight excluding hydrogens is 584 g/mol. The van der Waals surface area contributed by atoms with Crippen molar-refractivity contribution < 1.29 is 17.2 Å². The fraction of sp³-hybridized carbons (Fsp3) is 0.606. The van der Waals surface area contributed by atoms with Crippen LogP contribution in [0.25, 0.3) is 11.0 Å². The van der Waals surface area contributed by atoms with E-state index < -0.39 is 21.7 Å². The molecule has 11 heteroatoms. The Morgan fingerprint density at radius 2 is 1.61 bits per heavy atom. The normalized spacial score (nSPS) is 24.9. The summed E-state index contributed by atoms with van der Waals surface area (Å²) < 4.78 is 57.6. The molecule has 0 radical (unpaired) electrons. The van der Waals surface area contributed by atoms with E-state index in [4.69, 9.17) is 4.98 Å². The Kier molecular flexibility index (Phi) is 9.06. The number of aryl methyl sites for hydroxylation is 2. The highest BCUT2D eigenvalue weighted by Gasteiger charge is 2.42. The largest absolute Gasteiger partial charge is 0.365 e. The second-order valence-electron chi connectivity index (χ2n) is 12.9. The van der Waals surface area contributed by atoms with Gasteiger partial charge in [0.1, 0.15) is 27.1 Å². The van der Waals surface area contributed by atoms with Gasteiger partial charge in [0.2, 0.25) is 0 Å². The molecule has 8 nitrogen and oxygen atoms in total. The zero-order valence-corrected chi connectivity index (χ0v) is 26.3. The third-order valence-electron chi connectivity index (χ3n) is 9.81. The highest BCUT2D eigenvalue weighted by atomic mass is 32.2. The van der Waals surface area contributed by atoms with Crippen LogP contribution in [0.1, 0.15) is 86.2 Å². The number of piperidine rings is 1. The van der Waals surface area contributed by atoms with Crippen LogP contribution in [0.2, 0.25) is 0 Å². The van der Waals surface area contributed by atoms with Crippen LogP contribution >= 0.6 is 0 Å². The van der Waals surface area contributed by atoms with Gasteiger partial charge in [0.05, 0.1) is 16.9 Å². The van der Waals surface area contributed by atoms with Crippen molar-refractivity contribution in [3.8, 4) is 0 Å². The summed E-state index contributed by atoms with van der Waals surface area (Å²) in [5, 5.41) is 4.06. The predicted molar refractivity (Wildman–Crippen MR) is 169 cm³/mol. The summed E-state index contributed by atoms with van der Waals surface area (Å²) in [6.45, 7) is 4.93. The number of nitrogens with zero attached hydrogens (tertiary/aromatic N) is 4. The Morgan fingerprint density at radius 1 is 0.909 bits per heavy atom. The van der Waals surface area contributed by atoms with E-state index >= 15 is 8.78 Å². The summed E-state index contributed by atoms with van der Waals surface area (Å²) in [7, 11) is -3.09. The number of hydrogen-bond donors (Lipinski definition) is 1. The molecular formula is C33H43F2N5O3S. The minimum absolute atomic E-state index is 0.0493. The van der Waals surface area contributed by atoms with Crippen LogP contribution in [0.3, 0.4) is 0 Å². The smallest absolute Gasteiger partial charge is 0.276 e. The zero-order valence-electron chi connectivity index (χ0n) is 25.5. The van der Waals surface area contributed by atoms with Crippen LogP contribution in [0, 0.1) is 12.8 Å². The lowest BCUT2D eigenvalue weighted by atomic mass is 9.86. The summed E-state index contributed by atoms with van der Waals surface area (Å²) in [5.41, 5.74) is 1.82. The quantitative estimate of drug-likeness (QED) is 0.366. The predicted octanol–water partition coefficient (Wildman–Crippen LogP) is 5.77. The highest BCUT2D eigenvalue weighted by Crippen LogP contribution is 2.42. The Hall–Kier alpha value is -2.92. The number of aromatic nitrogens is 3. The molecule has 7 rings (SSSR count). The summed E-state index contributed by atoms with van der Waals surface area (Å²) >= 11 is 0. The molecule has 4 aliphatic rings. The summed E-state index contributed by atoms with van der Waals surface area (Å²) in [4.78, 5) is 25.7. The third-order valence-corrected chi connectivity index (χ3v) is 11.5. The monoisotopic (exact) mass is 627 g/mol. The molecule has 2 aromatic heterocycles. The molecule has 6 heterocycles. The molecule has 0 spiro atoms. The van der Waals surface area contributed by atoms with Crippen molar-refractivity contribution in [3.05, 3.63) is 63.2 Å². The molecule has 8 bridgehead atoms. The summed E-state index contributed by atoms with van der Waals surface area (Å²) in [5.74, 6) is -2.54. The van der Waals surface area contributed by atoms with Gasteiger partial charge in [-0.25, -0.2) is 27.2 Å². The van der Waals surface area contributed by atoms with E-state index in [1.807, 2.05) is 12.1 Å². The maximum absolute atomic E-state index is 15.8. The first-order chi connectivity index (χ1) is 21.1. The Labute approximate surface area is 258 Å². The van der Waals surface area contributed by atoms with Crippen LogP contribution in [-0.4, -0.2) is 59.0 Å². The molecule has 2 saturated heterocycles. The van der Waals surface area contributed by atoms with E-state index in [0.717, 1.165) is 44.2 Å². The first-order valence-corrected chi connectivity index (χ1v) is 18.0. The van der Waals surface area contributed by atoms with Crippen LogP contribution in [0.15, 0.2) is 35.1 Å². The van der Waals surface area contributed by atoms with Crippen LogP contribution in [-0.2, 0) is 28.8 Å². The van der Waals surface area contributed by atoms with Crippen molar-refractivity contribution in [3.63, 3.8) is 0 Å². The lowest BCUT2D eigenvalue weighted by Gasteiger charge is -2.36. The highest BCUT2D eigenvalue weighted by molar-refractivity contribution is 7.91. The maximum Gasteiger partial charge on any atom is 0.276 e. The molecule has 0 aliphatic carbocycles. The molecule has 4 aliphatic heterocycles. The van der Waals surface area contributed by atoms with Crippen molar-refractivity contribution in [2.24, 2.45) is 5.92 Å². The average Bonchev–Trinajstić information content (AvgIpc) is 3.00. The maximum atomic E-state index is 15.8. The van der Waals surface area contributed by atoms with Gasteiger partial charge in [0.25, 0.3) is 11.5 Å². The van der Waals surface area contributed by atoms with Gasteiger partial charge in [-0.05, 0) is 88.7 Å². The molecule has 2 fully saturated rings. The molecule has 1 aromatic carbocycles. The van der Waals surface area contributed by atoms with Gasteiger partial charge in [-0.2, -0.15) is 0 Å². The van der Waals surface area contributed by atoms with E-state index in [9.17, 15) is 13.2 Å². The molecule has 0 unspecified atom stereocenters. The van der Waals surface area contributed by atoms with Crippen molar-refractivity contribution in [1.29, 1.82) is 0 Å². The second-order valence-corrected chi connectivity index (χ2v) is 15.2. The number of sulfone groups is 1. The van der Waals surface area contributed by atoms with Crippen LogP contribution in [0.5, 0.6) is 0 Å². The number of nitrogens with one attached hydrogen (secondary N) is 1. The van der Waals surface area contributed by atoms with Crippen LogP contribution in [0.4, 0.5) is 14.6 Å². The topological polar surface area (TPSA) is 97.2 Å². The molecule has 238 valence electrons. The van der Waals surface area contributed by atoms with Crippen molar-refractivity contribution in [1.82, 2.24) is 19.4 Å². The van der Waals surface area contributed by atoms with Crippen molar-refractivity contribution >= 4 is 26.7 Å². The molecule has 3 aromatic rings. The van der Waals surface area contributed by atoms with E-state index in [1.54, 1.807) is 23.6 Å². The number of rotatable bonds is 1. The average molecular weight is 628 g/mol. The number of hydrogen-bond acceptors (Lipinski definition) is 7. The van der Waals surface area contributed by atoms with Crippen molar-refractivity contribution in [2.45, 2.75) is 89.6 Å². The first-order valence-electron chi connectivity index (χ1n) is 16.2. The van der Waals surface area contributed by atoms with E-state index in [0.29, 0.717) is 73.6 Å². The van der Waals surface area contributed by atoms with E-state index in [1.165, 1.54) is 6.07 Å². The molecule has 1 N–H and O–H groups in total. The third kappa shape index (κ3) is 6.68. The van der Waals surface area contributed by atoms with Gasteiger partial charge in [0.15, 0.2) is 0 Å². The fourth-order valence-electron chi connectivity index (χ4n) is 7.17. The Morgan fingerprint density at radius 3 is 2.36 bits per heavy atom. The SMILES string of the molecule is Cc1nc2c3cc(C4CCS(=O)(=O)CC4)c(=O)n(c3n1)CCCCCCCN1CCC(CC1)C(F)(F)c1cccc(c1)CN2. The minimum Gasteiger partial charge on any atom is -0.365 e. The Balaban J connectivity index is 1.38. The zero-order chi connectivity index (χ0) is 30.9. The number of halogens is 2. The van der Waals surface area contributed by atoms with Gasteiger partial charge in [-0.1, -0.05) is 37.5 Å². The first kappa shape index (κ1) is 31.1. The number of benzene rings is 1. The molecule has 0 amide bonds. The van der Waals surface area contributed by atoms with Gasteiger partial charge < -0.3 is 10.2 Å². The summed E-state index contributed by atoms with van der Waals surface area (Å²) in [6.07, 6.45) is 6.75. The Bertz CT molecular complexity index is 1650. The molecule has 0 atom stereocenters. The van der Waals surface area contributed by atoms with Crippen molar-refractivity contribution in [2.75, 3.05) is 36.5 Å². The number of anilines is 1. The summed E-state index contributed by atoms with van der Waals surface area (Å²) in [6, 6.07) is 8.50. The minimum atomic E-state index is -3.09. The van der Waals surface area contributed by atoms with Crippen LogP contribution < -0.4 is 10.9 Å². The lowest BCUT2D eigenvalue weighted by molar-refractivity contribution is -0.0855. The van der Waals surface area contributed by atoms with E-state index in [-0.39, 0.29) is 35.1 Å². The van der Waals surface area contributed by atoms with E-state index in [2.05, 4.69) is 15.2 Å². The molecule has 44 heavy (non-hydrogen) atoms. The fourth-order valence-corrected chi connectivity index (χ4v) is 8.67.